The summed E-state index contributed by atoms with van der Waals surface area (Å²) in [6.45, 7) is 2.68. The summed E-state index contributed by atoms with van der Waals surface area (Å²) in [5.41, 5.74) is 0.295. The van der Waals surface area contributed by atoms with E-state index in [4.69, 9.17) is 14.2 Å². The van der Waals surface area contributed by atoms with Gasteiger partial charge in [-0.15, -0.1) is 0 Å². The lowest BCUT2D eigenvalue weighted by atomic mass is 9.90. The summed E-state index contributed by atoms with van der Waals surface area (Å²) in [5, 5.41) is 9.42. The van der Waals surface area contributed by atoms with Gasteiger partial charge in [-0.1, -0.05) is 36.4 Å². The number of hydrogen-bond acceptors (Lipinski definition) is 5. The van der Waals surface area contributed by atoms with Crippen LogP contribution in [0, 0.1) is 16.7 Å². The average molecular weight is 301 g/mol. The van der Waals surface area contributed by atoms with Crippen molar-refractivity contribution < 1.29 is 19.0 Å². The van der Waals surface area contributed by atoms with Gasteiger partial charge in [-0.25, -0.2) is 4.79 Å². The molecule has 5 nitrogen and oxygen atoms in total. The fraction of sp³-hybridized carbons (Fsp3) is 0.412. The van der Waals surface area contributed by atoms with Crippen molar-refractivity contribution >= 4 is 6.16 Å². The van der Waals surface area contributed by atoms with Crippen molar-refractivity contribution in [2.75, 3.05) is 13.2 Å². The molecular formula is C17H19NO4. The summed E-state index contributed by atoms with van der Waals surface area (Å²) in [6, 6.07) is 12.0. The maximum absolute atomic E-state index is 11.3. The molecule has 2 rings (SSSR count). The molecule has 22 heavy (non-hydrogen) atoms. The van der Waals surface area contributed by atoms with Crippen LogP contribution in [0.15, 0.2) is 42.5 Å². The van der Waals surface area contributed by atoms with Crippen molar-refractivity contribution in [3.8, 4) is 6.07 Å². The standard InChI is InChI=1S/C17H19NO4/c1-2-21-16(19)22-15-8-9-17(10-15,12-18)13-20-11-14-6-4-3-5-7-14/h3-9,15H,2,10-11,13H2,1H3/t15-,17-/m1/s1. The van der Waals surface area contributed by atoms with Crippen LogP contribution < -0.4 is 0 Å². The van der Waals surface area contributed by atoms with Gasteiger partial charge in [0, 0.05) is 6.42 Å². The molecule has 0 saturated heterocycles. The minimum Gasteiger partial charge on any atom is -0.435 e. The average Bonchev–Trinajstić information content (AvgIpc) is 2.92. The molecule has 0 heterocycles. The lowest BCUT2D eigenvalue weighted by Gasteiger charge is -2.20. The Labute approximate surface area is 130 Å². The molecule has 0 fully saturated rings. The molecule has 1 aromatic carbocycles. The molecule has 1 aliphatic rings. The van der Waals surface area contributed by atoms with Gasteiger partial charge in [-0.2, -0.15) is 5.26 Å². The van der Waals surface area contributed by atoms with Crippen LogP contribution in [0.1, 0.15) is 18.9 Å². The highest BCUT2D eigenvalue weighted by atomic mass is 16.7. The van der Waals surface area contributed by atoms with Crippen LogP contribution in [-0.4, -0.2) is 25.5 Å². The summed E-state index contributed by atoms with van der Waals surface area (Å²) in [7, 11) is 0. The van der Waals surface area contributed by atoms with E-state index in [0.29, 0.717) is 13.0 Å². The maximum Gasteiger partial charge on any atom is 0.508 e. The Balaban J connectivity index is 1.83. The molecule has 1 aromatic rings. The van der Waals surface area contributed by atoms with E-state index in [1.54, 1.807) is 19.1 Å². The van der Waals surface area contributed by atoms with Gasteiger partial charge in [-0.05, 0) is 18.6 Å². The van der Waals surface area contributed by atoms with E-state index in [-0.39, 0.29) is 13.2 Å². The second-order valence-corrected chi connectivity index (χ2v) is 5.15. The first-order chi connectivity index (χ1) is 10.7. The fourth-order valence-corrected chi connectivity index (χ4v) is 2.29. The molecule has 0 unspecified atom stereocenters. The number of ether oxygens (including phenoxy) is 3. The number of nitrogens with zero attached hydrogens (tertiary/aromatic N) is 1. The molecule has 116 valence electrons. The highest BCUT2D eigenvalue weighted by Crippen LogP contribution is 2.33. The molecule has 0 aromatic heterocycles. The van der Waals surface area contributed by atoms with E-state index < -0.39 is 17.7 Å². The zero-order valence-electron chi connectivity index (χ0n) is 12.5. The quantitative estimate of drug-likeness (QED) is 0.596. The van der Waals surface area contributed by atoms with E-state index >= 15 is 0 Å². The van der Waals surface area contributed by atoms with Gasteiger partial charge < -0.3 is 14.2 Å². The Morgan fingerprint density at radius 3 is 2.86 bits per heavy atom. The summed E-state index contributed by atoms with van der Waals surface area (Å²) in [6.07, 6.45) is 2.69. The van der Waals surface area contributed by atoms with Gasteiger partial charge in [-0.3, -0.25) is 0 Å². The van der Waals surface area contributed by atoms with Gasteiger partial charge in [0.2, 0.25) is 0 Å². The number of carbonyl (C=O) groups excluding carboxylic acids is 1. The summed E-state index contributed by atoms with van der Waals surface area (Å²) < 4.78 is 15.5. The maximum atomic E-state index is 11.3. The van der Waals surface area contributed by atoms with Crippen LogP contribution in [0.4, 0.5) is 4.79 Å². The molecule has 0 amide bonds. The molecule has 5 heteroatoms. The van der Waals surface area contributed by atoms with Crippen LogP contribution in [-0.2, 0) is 20.8 Å². The second-order valence-electron chi connectivity index (χ2n) is 5.15. The number of rotatable bonds is 6. The molecular weight excluding hydrogens is 282 g/mol. The summed E-state index contributed by atoms with van der Waals surface area (Å²) in [5.74, 6) is 0. The SMILES string of the molecule is CCOC(=O)O[C@@H]1C=C[C@@](C#N)(COCc2ccccc2)C1. The first kappa shape index (κ1) is 16.1. The highest BCUT2D eigenvalue weighted by Gasteiger charge is 2.37. The molecule has 0 spiro atoms. The van der Waals surface area contributed by atoms with E-state index in [9.17, 15) is 10.1 Å². The molecule has 0 N–H and O–H groups in total. The molecule has 1 aliphatic carbocycles. The van der Waals surface area contributed by atoms with Crippen molar-refractivity contribution in [1.82, 2.24) is 0 Å². The van der Waals surface area contributed by atoms with Crippen molar-refractivity contribution in [1.29, 1.82) is 5.26 Å². The first-order valence-electron chi connectivity index (χ1n) is 7.23. The third-order valence-electron chi connectivity index (χ3n) is 3.40. The van der Waals surface area contributed by atoms with Gasteiger partial charge in [0.15, 0.2) is 0 Å². The van der Waals surface area contributed by atoms with E-state index in [1.165, 1.54) is 0 Å². The third-order valence-corrected chi connectivity index (χ3v) is 3.40. The van der Waals surface area contributed by atoms with Crippen molar-refractivity contribution in [3.63, 3.8) is 0 Å². The van der Waals surface area contributed by atoms with E-state index in [1.807, 2.05) is 30.3 Å². The normalized spacial score (nSPS) is 23.0. The van der Waals surface area contributed by atoms with Crippen LogP contribution >= 0.6 is 0 Å². The molecule has 2 atom stereocenters. The van der Waals surface area contributed by atoms with Crippen molar-refractivity contribution in [3.05, 3.63) is 48.0 Å². The third kappa shape index (κ3) is 4.34. The van der Waals surface area contributed by atoms with Crippen molar-refractivity contribution in [2.24, 2.45) is 5.41 Å². The Morgan fingerprint density at radius 1 is 1.41 bits per heavy atom. The minimum absolute atomic E-state index is 0.261. The molecule has 0 bridgehead atoms. The Bertz CT molecular complexity index is 564. The monoisotopic (exact) mass is 301 g/mol. The second kappa shape index (κ2) is 7.62. The summed E-state index contributed by atoms with van der Waals surface area (Å²) >= 11 is 0. The Kier molecular flexibility index (Phi) is 5.56. The van der Waals surface area contributed by atoms with Crippen molar-refractivity contribution in [2.45, 2.75) is 26.1 Å². The van der Waals surface area contributed by atoms with E-state index in [0.717, 1.165) is 5.56 Å². The van der Waals surface area contributed by atoms with Crippen LogP contribution in [0.3, 0.4) is 0 Å². The first-order valence-corrected chi connectivity index (χ1v) is 7.23. The Hall–Kier alpha value is -2.32. The lowest BCUT2D eigenvalue weighted by Crippen LogP contribution is -2.25. The highest BCUT2D eigenvalue weighted by molar-refractivity contribution is 5.60. The largest absolute Gasteiger partial charge is 0.508 e. The number of nitriles is 1. The smallest absolute Gasteiger partial charge is 0.435 e. The van der Waals surface area contributed by atoms with Crippen LogP contribution in [0.2, 0.25) is 0 Å². The van der Waals surface area contributed by atoms with Crippen LogP contribution in [0.5, 0.6) is 0 Å². The number of carbonyl (C=O) groups is 1. The fourth-order valence-electron chi connectivity index (χ4n) is 2.29. The topological polar surface area (TPSA) is 68.5 Å². The predicted molar refractivity (Wildman–Crippen MR) is 79.8 cm³/mol. The van der Waals surface area contributed by atoms with Crippen LogP contribution in [0.25, 0.3) is 0 Å². The zero-order chi connectivity index (χ0) is 15.8. The number of benzene rings is 1. The van der Waals surface area contributed by atoms with Gasteiger partial charge in [0.05, 0.1) is 25.9 Å². The zero-order valence-corrected chi connectivity index (χ0v) is 12.5. The lowest BCUT2D eigenvalue weighted by molar-refractivity contribution is 0.0251. The molecule has 0 aliphatic heterocycles. The predicted octanol–water partition coefficient (Wildman–Crippen LogP) is 3.21. The van der Waals surface area contributed by atoms with Gasteiger partial charge in [0.1, 0.15) is 11.5 Å². The molecule has 0 saturated carbocycles. The minimum atomic E-state index is -0.758. The Morgan fingerprint density at radius 2 is 2.18 bits per heavy atom. The van der Waals surface area contributed by atoms with Gasteiger partial charge in [0.25, 0.3) is 0 Å². The summed E-state index contributed by atoms with van der Waals surface area (Å²) in [4.78, 5) is 11.3. The number of hydrogen-bond donors (Lipinski definition) is 0. The molecule has 0 radical (unpaired) electrons. The van der Waals surface area contributed by atoms with E-state index in [2.05, 4.69) is 6.07 Å². The van der Waals surface area contributed by atoms with Gasteiger partial charge >= 0.3 is 6.16 Å².